The lowest BCUT2D eigenvalue weighted by molar-refractivity contribution is -0.328. The Kier molecular flexibility index (Phi) is 13.5. The van der Waals surface area contributed by atoms with Gasteiger partial charge in [0.25, 0.3) is 0 Å². The second-order valence-electron chi connectivity index (χ2n) is 13.2. The third kappa shape index (κ3) is 10.4. The van der Waals surface area contributed by atoms with E-state index in [0.29, 0.717) is 0 Å². The highest BCUT2D eigenvalue weighted by molar-refractivity contribution is 7.48. The molecule has 7 rings (SSSR count). The number of hydrogen-bond donors (Lipinski definition) is 1. The minimum Gasteiger partial charge on any atom is -0.368 e. The van der Waals surface area contributed by atoms with Gasteiger partial charge < -0.3 is 28.8 Å². The first-order chi connectivity index (χ1) is 26.5. The number of ether oxygens (including phenoxy) is 5. The van der Waals surface area contributed by atoms with Gasteiger partial charge >= 0.3 is 7.82 Å². The Hall–Kier alpha value is -4.03. The quantitative estimate of drug-likeness (QED) is 0.0999. The zero-order valence-corrected chi connectivity index (χ0v) is 30.7. The Balaban J connectivity index is 1.19. The molecule has 2 aliphatic rings. The molecule has 6 atom stereocenters. The van der Waals surface area contributed by atoms with Crippen molar-refractivity contribution in [3.63, 3.8) is 0 Å². The first-order valence-corrected chi connectivity index (χ1v) is 19.6. The molecule has 1 saturated heterocycles. The zero-order chi connectivity index (χ0) is 37.0. The molecule has 0 aliphatic carbocycles. The Morgan fingerprint density at radius 2 is 0.963 bits per heavy atom. The first-order valence-electron chi connectivity index (χ1n) is 18.1. The summed E-state index contributed by atoms with van der Waals surface area (Å²) in [5, 5.41) is 11.7. The average molecular weight is 753 g/mol. The van der Waals surface area contributed by atoms with Crippen molar-refractivity contribution < 1.29 is 46.9 Å². The third-order valence-corrected chi connectivity index (χ3v) is 10.7. The average Bonchev–Trinajstić information content (AvgIpc) is 3.39. The fourth-order valence-electron chi connectivity index (χ4n) is 6.44. The van der Waals surface area contributed by atoms with Crippen molar-refractivity contribution in [1.82, 2.24) is 0 Å². The lowest BCUT2D eigenvalue weighted by atomic mass is 9.94. The molecule has 2 aliphatic heterocycles. The SMILES string of the molecule is O=P1(OC[C@@H](OCc2ccccc2)C2O[C@@H](O)C(OCc3ccccc3)C(OCc3ccccc3)[C@@H]2OCc2ccccc2)OCc2ccccc2CO1. The standard InChI is InChI=1S/C43H45O10P/c44-43-42(49-28-35-21-11-4-12-22-35)41(48-27-34-19-9-3-10-20-34)40(47-26-33-17-7-2-8-18-33)39(53-43)38(46-25-32-15-5-1-6-16-32)31-52-54(45)50-29-36-23-13-14-24-37(36)30-51-54/h1-24,38-44H,25-31H2/t38-,39?,40-,41?,42?,43-/m1/s1. The maximum absolute atomic E-state index is 13.9. The first kappa shape index (κ1) is 38.3. The molecule has 0 radical (unpaired) electrons. The molecule has 5 aromatic carbocycles. The number of aliphatic hydroxyl groups is 1. The molecular weight excluding hydrogens is 707 g/mol. The van der Waals surface area contributed by atoms with Crippen LogP contribution in [-0.2, 0) is 81.5 Å². The van der Waals surface area contributed by atoms with E-state index >= 15 is 0 Å². The highest BCUT2D eigenvalue weighted by Crippen LogP contribution is 2.53. The summed E-state index contributed by atoms with van der Waals surface area (Å²) in [5.74, 6) is 0. The second kappa shape index (κ2) is 19.0. The van der Waals surface area contributed by atoms with Crippen LogP contribution in [0.4, 0.5) is 0 Å². The van der Waals surface area contributed by atoms with Crippen LogP contribution in [0.1, 0.15) is 33.4 Å². The van der Waals surface area contributed by atoms with Gasteiger partial charge in [-0.2, -0.15) is 0 Å². The van der Waals surface area contributed by atoms with Crippen molar-refractivity contribution in [3.05, 3.63) is 179 Å². The lowest BCUT2D eigenvalue weighted by Crippen LogP contribution is -2.63. The van der Waals surface area contributed by atoms with Crippen molar-refractivity contribution in [2.75, 3.05) is 6.61 Å². The summed E-state index contributed by atoms with van der Waals surface area (Å²) in [4.78, 5) is 0. The topological polar surface area (TPSA) is 111 Å². The minimum atomic E-state index is -4.06. The summed E-state index contributed by atoms with van der Waals surface area (Å²) in [6.07, 6.45) is -6.03. The van der Waals surface area contributed by atoms with E-state index in [1.807, 2.05) is 146 Å². The maximum Gasteiger partial charge on any atom is 0.475 e. The molecule has 0 amide bonds. The highest BCUT2D eigenvalue weighted by atomic mass is 31.2. The van der Waals surface area contributed by atoms with Crippen LogP contribution >= 0.6 is 7.82 Å². The molecule has 282 valence electrons. The van der Waals surface area contributed by atoms with Crippen LogP contribution < -0.4 is 0 Å². The number of phosphoric acid groups is 1. The van der Waals surface area contributed by atoms with Crippen LogP contribution in [0, 0.1) is 0 Å². The van der Waals surface area contributed by atoms with Crippen LogP contribution in [0.2, 0.25) is 0 Å². The molecule has 0 bridgehead atoms. The Bertz CT molecular complexity index is 1870. The van der Waals surface area contributed by atoms with Crippen LogP contribution in [-0.4, -0.2) is 48.5 Å². The van der Waals surface area contributed by atoms with Gasteiger partial charge in [-0.05, 0) is 33.4 Å². The molecule has 5 aromatic rings. The largest absolute Gasteiger partial charge is 0.475 e. The molecule has 54 heavy (non-hydrogen) atoms. The van der Waals surface area contributed by atoms with Crippen molar-refractivity contribution in [3.8, 4) is 0 Å². The fourth-order valence-corrected chi connectivity index (χ4v) is 7.58. The van der Waals surface area contributed by atoms with Gasteiger partial charge in [0.15, 0.2) is 6.29 Å². The van der Waals surface area contributed by atoms with Crippen molar-refractivity contribution in [2.45, 2.75) is 76.5 Å². The smallest absolute Gasteiger partial charge is 0.368 e. The van der Waals surface area contributed by atoms with Crippen LogP contribution in [0.25, 0.3) is 0 Å². The molecule has 0 saturated carbocycles. The molecule has 0 aromatic heterocycles. The van der Waals surface area contributed by atoms with E-state index in [2.05, 4.69) is 0 Å². The second-order valence-corrected chi connectivity index (χ2v) is 14.8. The summed E-state index contributed by atoms with van der Waals surface area (Å²) >= 11 is 0. The van der Waals surface area contributed by atoms with E-state index in [4.69, 9.17) is 37.3 Å². The number of phosphoric ester groups is 1. The summed E-state index contributed by atoms with van der Waals surface area (Å²) in [6.45, 7) is 0.615. The van der Waals surface area contributed by atoms with Gasteiger partial charge in [-0.3, -0.25) is 13.6 Å². The molecule has 1 N–H and O–H groups in total. The molecular formula is C43H45O10P. The molecule has 1 fully saturated rings. The summed E-state index contributed by atoms with van der Waals surface area (Å²) < 4.78 is 64.2. The maximum atomic E-state index is 13.9. The monoisotopic (exact) mass is 752 g/mol. The number of fused-ring (bicyclic) bond motifs is 1. The summed E-state index contributed by atoms with van der Waals surface area (Å²) in [5.41, 5.74) is 5.40. The minimum absolute atomic E-state index is 0.0558. The van der Waals surface area contributed by atoms with Gasteiger partial charge in [-0.15, -0.1) is 0 Å². The molecule has 11 heteroatoms. The highest BCUT2D eigenvalue weighted by Gasteiger charge is 2.51. The summed E-state index contributed by atoms with van der Waals surface area (Å²) in [6, 6.07) is 46.4. The predicted molar refractivity (Wildman–Crippen MR) is 201 cm³/mol. The van der Waals surface area contributed by atoms with Gasteiger partial charge in [0, 0.05) is 0 Å². The fraction of sp³-hybridized carbons (Fsp3) is 0.302. The van der Waals surface area contributed by atoms with E-state index in [1.54, 1.807) is 0 Å². The zero-order valence-electron chi connectivity index (χ0n) is 29.8. The van der Waals surface area contributed by atoms with Crippen molar-refractivity contribution in [1.29, 1.82) is 0 Å². The van der Waals surface area contributed by atoms with Crippen molar-refractivity contribution in [2.24, 2.45) is 0 Å². The molecule has 0 spiro atoms. The van der Waals surface area contributed by atoms with E-state index < -0.39 is 44.6 Å². The van der Waals surface area contributed by atoms with Gasteiger partial charge in [-0.1, -0.05) is 146 Å². The van der Waals surface area contributed by atoms with Gasteiger partial charge in [0.2, 0.25) is 0 Å². The normalized spacial score (nSPS) is 22.9. The Labute approximate surface area is 316 Å². The number of hydrogen-bond acceptors (Lipinski definition) is 10. The predicted octanol–water partition coefficient (Wildman–Crippen LogP) is 7.92. The van der Waals surface area contributed by atoms with Crippen LogP contribution in [0.3, 0.4) is 0 Å². The van der Waals surface area contributed by atoms with E-state index in [9.17, 15) is 9.67 Å². The van der Waals surface area contributed by atoms with Gasteiger partial charge in [-0.25, -0.2) is 4.57 Å². The molecule has 3 unspecified atom stereocenters. The van der Waals surface area contributed by atoms with E-state index in [-0.39, 0.29) is 46.2 Å². The van der Waals surface area contributed by atoms with Crippen LogP contribution in [0.15, 0.2) is 146 Å². The van der Waals surface area contributed by atoms with E-state index in [1.165, 1.54) is 0 Å². The number of benzene rings is 5. The lowest BCUT2D eigenvalue weighted by Gasteiger charge is -2.46. The van der Waals surface area contributed by atoms with Crippen LogP contribution in [0.5, 0.6) is 0 Å². The number of rotatable bonds is 16. The number of aliphatic hydroxyl groups excluding tert-OH is 1. The van der Waals surface area contributed by atoms with Gasteiger partial charge in [0.05, 0.1) is 46.2 Å². The molecule has 10 nitrogen and oxygen atoms in total. The summed E-state index contributed by atoms with van der Waals surface area (Å²) in [7, 11) is -4.06. The third-order valence-electron chi connectivity index (χ3n) is 9.35. The Morgan fingerprint density at radius 1 is 0.556 bits per heavy atom. The van der Waals surface area contributed by atoms with E-state index in [0.717, 1.165) is 33.4 Å². The Morgan fingerprint density at radius 3 is 1.44 bits per heavy atom. The molecule has 2 heterocycles. The van der Waals surface area contributed by atoms with Gasteiger partial charge in [0.1, 0.15) is 30.5 Å². The van der Waals surface area contributed by atoms with Crippen molar-refractivity contribution >= 4 is 7.82 Å².